The van der Waals surface area contributed by atoms with E-state index in [0.717, 1.165) is 109 Å². The summed E-state index contributed by atoms with van der Waals surface area (Å²) in [5, 5.41) is 5.60. The number of nitrogens with zero attached hydrogens (tertiary/aromatic N) is 1. The fourth-order valence-electron chi connectivity index (χ4n) is 13.5. The molecule has 0 aromatic heterocycles. The van der Waals surface area contributed by atoms with Gasteiger partial charge in [0.05, 0.1) is 24.2 Å². The predicted molar refractivity (Wildman–Crippen MR) is 397 cm³/mol. The molecule has 0 radical (unpaired) electrons. The lowest BCUT2D eigenvalue weighted by Crippen LogP contribution is -2.48. The summed E-state index contributed by atoms with van der Waals surface area (Å²) in [7, 11) is -5.30. The largest absolute Gasteiger partial charge is 0.308 e. The minimum atomic E-state index is -2.28. The summed E-state index contributed by atoms with van der Waals surface area (Å²) in [5.41, 5.74) is 5.57. The molecular weight excluding hydrogens is 1130 g/mol. The molecule has 0 amide bonds. The Bertz CT molecular complexity index is 2190. The molecule has 0 bridgehead atoms. The fraction of sp³-hybridized carbons (Fsp3) is 0.634. The van der Waals surface area contributed by atoms with Gasteiger partial charge in [0.25, 0.3) is 0 Å². The molecule has 0 atom stereocenters. The maximum Gasteiger partial charge on any atom is 0.149 e. The van der Waals surface area contributed by atoms with Crippen LogP contribution in [0.1, 0.15) is 315 Å². The lowest BCUT2D eigenvalue weighted by atomic mass is 10.0. The summed E-state index contributed by atoms with van der Waals surface area (Å²) in [6, 6.07) is 44.7. The summed E-state index contributed by atoms with van der Waals surface area (Å²) >= 11 is 0. The van der Waals surface area contributed by atoms with Gasteiger partial charge in [-0.1, -0.05) is 387 Å². The zero-order valence-electron chi connectivity index (χ0n) is 57.8. The van der Waals surface area contributed by atoms with E-state index in [-0.39, 0.29) is 17.3 Å². The van der Waals surface area contributed by atoms with Crippen LogP contribution in [0.25, 0.3) is 0 Å². The Balaban J connectivity index is 1.69. The smallest absolute Gasteiger partial charge is 0.149 e. The first-order chi connectivity index (χ1) is 43.3. The molecule has 5 aromatic carbocycles. The topological polar surface area (TPSA) is 3.24 Å². The van der Waals surface area contributed by atoms with Crippen LogP contribution in [-0.4, -0.2) is 8.07 Å². The van der Waals surface area contributed by atoms with Crippen LogP contribution in [0.4, 0.5) is 14.5 Å². The Hall–Kier alpha value is -3.16. The Morgan fingerprint density at radius 2 is 0.477 bits per heavy atom. The number of unbranched alkanes of at least 4 members (excludes halogenated alkanes) is 31. The maximum atomic E-state index is 18.8. The highest BCUT2D eigenvalue weighted by molar-refractivity contribution is 7.90. The van der Waals surface area contributed by atoms with Gasteiger partial charge in [-0.25, -0.2) is 8.78 Å². The van der Waals surface area contributed by atoms with Crippen molar-refractivity contribution in [2.24, 2.45) is 0 Å². The van der Waals surface area contributed by atoms with Crippen LogP contribution in [-0.2, 0) is 25.7 Å². The van der Waals surface area contributed by atoms with Gasteiger partial charge >= 0.3 is 0 Å². The minimum absolute atomic E-state index is 0.155. The van der Waals surface area contributed by atoms with Crippen molar-refractivity contribution in [3.63, 3.8) is 0 Å². The molecule has 0 fully saturated rings. The summed E-state index contributed by atoms with van der Waals surface area (Å²) in [6.07, 6.45) is 52.5. The molecule has 0 aliphatic carbocycles. The van der Waals surface area contributed by atoms with Crippen LogP contribution in [0.15, 0.2) is 109 Å². The molecule has 6 heteroatoms. The molecule has 0 unspecified atom stereocenters. The highest BCUT2D eigenvalue weighted by Crippen LogP contribution is 2.58. The molecular formula is C82H129F2NP2Si. The van der Waals surface area contributed by atoms with Crippen LogP contribution >= 0.6 is 16.1 Å². The van der Waals surface area contributed by atoms with Gasteiger partial charge in [-0.05, 0) is 85.8 Å². The van der Waals surface area contributed by atoms with E-state index in [1.807, 2.05) is 12.1 Å². The lowest BCUT2D eigenvalue weighted by Gasteiger charge is -2.41. The van der Waals surface area contributed by atoms with Gasteiger partial charge in [-0.15, -0.1) is 0 Å². The first-order valence-electron chi connectivity index (χ1n) is 37.5. The van der Waals surface area contributed by atoms with Crippen LogP contribution in [0, 0.1) is 11.6 Å². The normalized spacial score (nSPS) is 11.9. The van der Waals surface area contributed by atoms with Crippen LogP contribution in [0.5, 0.6) is 0 Å². The van der Waals surface area contributed by atoms with Gasteiger partial charge in [0.2, 0.25) is 0 Å². The van der Waals surface area contributed by atoms with E-state index < -0.39 is 24.2 Å². The molecule has 0 heterocycles. The van der Waals surface area contributed by atoms with Crippen molar-refractivity contribution in [1.29, 1.82) is 0 Å². The molecule has 0 aliphatic rings. The summed E-state index contributed by atoms with van der Waals surface area (Å²) in [6.45, 7) is 16.0. The van der Waals surface area contributed by atoms with Crippen LogP contribution < -0.4 is 30.8 Å². The molecule has 1 nitrogen and oxygen atoms in total. The molecule has 490 valence electrons. The predicted octanol–water partition coefficient (Wildman–Crippen LogP) is 25.7. The number of halogens is 2. The van der Waals surface area contributed by atoms with E-state index in [4.69, 9.17) is 0 Å². The van der Waals surface area contributed by atoms with Crippen molar-refractivity contribution in [2.45, 2.75) is 336 Å². The third-order valence-corrected chi connectivity index (χ3v) is 30.1. The third kappa shape index (κ3) is 27.6. The Morgan fingerprint density at radius 3 is 0.693 bits per heavy atom. The average Bonchev–Trinajstić information content (AvgIpc) is 1.14. The second kappa shape index (κ2) is 46.8. The van der Waals surface area contributed by atoms with Crippen molar-refractivity contribution in [2.75, 3.05) is 4.44 Å². The Kier molecular flexibility index (Phi) is 40.2. The molecule has 0 saturated carbocycles. The number of aryl methyl sites for hydroxylation is 4. The minimum Gasteiger partial charge on any atom is -0.308 e. The van der Waals surface area contributed by atoms with Gasteiger partial charge in [-0.3, -0.25) is 0 Å². The van der Waals surface area contributed by atoms with Gasteiger partial charge < -0.3 is 4.44 Å². The van der Waals surface area contributed by atoms with Crippen LogP contribution in [0.2, 0.25) is 18.1 Å². The number of benzene rings is 5. The third-order valence-electron chi connectivity index (χ3n) is 19.2. The monoisotopic (exact) mass is 1260 g/mol. The van der Waals surface area contributed by atoms with Gasteiger partial charge in [0.15, 0.2) is 0 Å². The molecule has 0 N–H and O–H groups in total. The molecule has 5 rings (SSSR count). The molecule has 88 heavy (non-hydrogen) atoms. The molecule has 0 spiro atoms. The molecule has 5 aromatic rings. The molecule has 0 aliphatic heterocycles. The van der Waals surface area contributed by atoms with Crippen LogP contribution in [0.3, 0.4) is 0 Å². The Labute approximate surface area is 545 Å². The maximum absolute atomic E-state index is 18.8. The second-order valence-corrected chi connectivity index (χ2v) is 35.9. The number of rotatable bonds is 53. The second-order valence-electron chi connectivity index (χ2n) is 26.9. The van der Waals surface area contributed by atoms with Gasteiger partial charge in [0, 0.05) is 21.2 Å². The van der Waals surface area contributed by atoms with Crippen molar-refractivity contribution < 1.29 is 8.78 Å². The van der Waals surface area contributed by atoms with E-state index in [1.54, 1.807) is 0 Å². The number of hydrogen-bond acceptors (Lipinski definition) is 1. The van der Waals surface area contributed by atoms with E-state index >= 15 is 8.78 Å². The highest BCUT2D eigenvalue weighted by atomic mass is 31.2. The SMILES string of the molecule is CCCCCCCCCCc1ccc(P(c2ccc(CCCCCCCCCC)cc2)N(c2c(F)cc([Si](CCCC)(CCCC)CCCC)cc2F)P(c2ccc(CCCCCCCCCC)cc2)c2ccc(CCCCCCCCCC)cc2)cc1. The van der Waals surface area contributed by atoms with Crippen molar-refractivity contribution >= 4 is 56.3 Å². The van der Waals surface area contributed by atoms with E-state index in [0.29, 0.717) is 0 Å². The number of anilines is 1. The lowest BCUT2D eigenvalue weighted by molar-refractivity contribution is 0.575. The van der Waals surface area contributed by atoms with E-state index in [1.165, 1.54) is 228 Å². The quantitative estimate of drug-likeness (QED) is 0.0213. The van der Waals surface area contributed by atoms with Crippen molar-refractivity contribution in [3.8, 4) is 0 Å². The summed E-state index contributed by atoms with van der Waals surface area (Å²) in [5.74, 6) is -0.766. The summed E-state index contributed by atoms with van der Waals surface area (Å²) in [4.78, 5) is 0. The van der Waals surface area contributed by atoms with Gasteiger partial charge in [-0.2, -0.15) is 0 Å². The average molecular weight is 1260 g/mol. The molecule has 0 saturated heterocycles. The first kappa shape index (κ1) is 75.6. The summed E-state index contributed by atoms with van der Waals surface area (Å²) < 4.78 is 40.0. The van der Waals surface area contributed by atoms with Crippen molar-refractivity contribution in [3.05, 3.63) is 143 Å². The number of hydrogen-bond donors (Lipinski definition) is 0. The van der Waals surface area contributed by atoms with E-state index in [2.05, 4.69) is 150 Å². The standard InChI is InChI=1S/C82H129F2NP2Si/c1-8-15-22-26-30-34-38-42-46-71-50-58-75(59-51-71)86(76-60-52-72(53-61-76)47-43-39-35-31-27-23-16-9-2)85(82-80(83)69-79(70-81(82)84)88(66-19-12-5,67-20-13-6)68-21-14-7)87(77-62-54-73(55-63-77)48-44-40-36-32-28-24-17-10-3)78-64-56-74(57-65-78)49-45-41-37-33-29-25-18-11-4/h50-65,69-70H,8-49,66-68H2,1-7H3. The first-order valence-corrected chi connectivity index (χ1v) is 42.7. The zero-order valence-corrected chi connectivity index (χ0v) is 60.6. The fourth-order valence-corrected chi connectivity index (χ4v) is 25.0. The van der Waals surface area contributed by atoms with E-state index in [9.17, 15) is 0 Å². The van der Waals surface area contributed by atoms with Gasteiger partial charge in [0.1, 0.15) is 17.3 Å². The highest BCUT2D eigenvalue weighted by Gasteiger charge is 2.39. The Morgan fingerprint density at radius 1 is 0.273 bits per heavy atom. The zero-order chi connectivity index (χ0) is 62.7. The van der Waals surface area contributed by atoms with Crippen molar-refractivity contribution in [1.82, 2.24) is 0 Å².